The van der Waals surface area contributed by atoms with Crippen LogP contribution in [-0.4, -0.2) is 39.6 Å². The van der Waals surface area contributed by atoms with Gasteiger partial charge in [0.25, 0.3) is 0 Å². The zero-order valence-corrected chi connectivity index (χ0v) is 25.3. The van der Waals surface area contributed by atoms with Crippen molar-refractivity contribution in [1.82, 2.24) is 0 Å². The second kappa shape index (κ2) is 20.2. The molecule has 1 atom stereocenters. The number of unbranched alkanes of at least 4 members (excludes halogenated alkanes) is 12. The Labute approximate surface area is 218 Å². The van der Waals surface area contributed by atoms with E-state index in [9.17, 15) is 9.59 Å². The summed E-state index contributed by atoms with van der Waals surface area (Å²) < 4.78 is 17.3. The summed E-state index contributed by atoms with van der Waals surface area (Å²) in [7, 11) is -1.98. The van der Waals surface area contributed by atoms with Crippen LogP contribution in [0.15, 0.2) is 0 Å². The van der Waals surface area contributed by atoms with Crippen LogP contribution < -0.4 is 0 Å². The number of rotatable bonds is 22. The van der Waals surface area contributed by atoms with E-state index in [1.807, 2.05) is 6.92 Å². The zero-order valence-electron chi connectivity index (χ0n) is 24.3. The van der Waals surface area contributed by atoms with Crippen molar-refractivity contribution in [3.63, 3.8) is 0 Å². The zero-order chi connectivity index (χ0) is 26.6. The molecule has 0 aliphatic heterocycles. The summed E-state index contributed by atoms with van der Waals surface area (Å²) in [6.45, 7) is 15.4. The van der Waals surface area contributed by atoms with Crippen molar-refractivity contribution in [1.29, 1.82) is 0 Å². The molecule has 0 aliphatic carbocycles. The average molecular weight is 515 g/mol. The van der Waals surface area contributed by atoms with Crippen LogP contribution in [0, 0.1) is 0 Å². The van der Waals surface area contributed by atoms with Crippen molar-refractivity contribution in [3.05, 3.63) is 0 Å². The van der Waals surface area contributed by atoms with Gasteiger partial charge in [-0.25, -0.2) is 0 Å². The Balaban J connectivity index is 4.15. The van der Waals surface area contributed by atoms with Gasteiger partial charge in [-0.2, -0.15) is 0 Å². The normalized spacial score (nSPS) is 13.0. The first kappa shape index (κ1) is 34.1. The van der Waals surface area contributed by atoms with Gasteiger partial charge < -0.3 is 13.9 Å². The molecule has 0 bridgehead atoms. The smallest absolute Gasteiger partial charge is 0.306 e. The monoisotopic (exact) mass is 514 g/mol. The molecule has 1 unspecified atom stereocenters. The highest BCUT2D eigenvalue weighted by Gasteiger charge is 2.38. The molecule has 0 N–H and O–H groups in total. The molecule has 5 nitrogen and oxygen atoms in total. The largest absolute Gasteiger partial charge is 0.462 e. The van der Waals surface area contributed by atoms with Crippen LogP contribution in [0.25, 0.3) is 0 Å². The van der Waals surface area contributed by atoms with E-state index < -0.39 is 14.4 Å². The van der Waals surface area contributed by atoms with Crippen molar-refractivity contribution in [3.8, 4) is 0 Å². The minimum atomic E-state index is -1.98. The van der Waals surface area contributed by atoms with Crippen molar-refractivity contribution in [2.45, 2.75) is 162 Å². The minimum absolute atomic E-state index is 0.0646. The van der Waals surface area contributed by atoms with E-state index in [-0.39, 0.29) is 30.2 Å². The fraction of sp³-hybridized carbons (Fsp3) is 0.931. The van der Waals surface area contributed by atoms with Crippen LogP contribution in [0.1, 0.15) is 137 Å². The van der Waals surface area contributed by atoms with E-state index >= 15 is 0 Å². The average Bonchev–Trinajstić information content (AvgIpc) is 2.78. The van der Waals surface area contributed by atoms with E-state index in [1.54, 1.807) is 0 Å². The molecular formula is C29H58O5Si. The SMILES string of the molecule is CCCCCCCCCCCCCCCC(=O)OC(COC(=O)CCC)CO[Si](C)(C)C(C)(C)C. The summed E-state index contributed by atoms with van der Waals surface area (Å²) in [5.41, 5.74) is 0. The van der Waals surface area contributed by atoms with Gasteiger partial charge in [0.2, 0.25) is 0 Å². The summed E-state index contributed by atoms with van der Waals surface area (Å²) in [6.07, 6.45) is 17.6. The number of carbonyl (C=O) groups excluding carboxylic acids is 2. The summed E-state index contributed by atoms with van der Waals surface area (Å²) in [5.74, 6) is -0.471. The Morgan fingerprint density at radius 3 is 1.60 bits per heavy atom. The highest BCUT2D eigenvalue weighted by molar-refractivity contribution is 6.74. The van der Waals surface area contributed by atoms with Crippen molar-refractivity contribution in [2.24, 2.45) is 0 Å². The molecule has 0 aromatic heterocycles. The lowest BCUT2D eigenvalue weighted by atomic mass is 10.0. The van der Waals surface area contributed by atoms with Gasteiger partial charge in [-0.05, 0) is 31.0 Å². The molecule has 35 heavy (non-hydrogen) atoms. The van der Waals surface area contributed by atoms with Gasteiger partial charge in [-0.1, -0.05) is 112 Å². The molecule has 0 aromatic rings. The van der Waals surface area contributed by atoms with Gasteiger partial charge in [-0.3, -0.25) is 9.59 Å². The number of hydrogen-bond donors (Lipinski definition) is 0. The lowest BCUT2D eigenvalue weighted by Crippen LogP contribution is -2.44. The molecular weight excluding hydrogens is 456 g/mol. The third-order valence-electron chi connectivity index (χ3n) is 7.10. The van der Waals surface area contributed by atoms with Gasteiger partial charge in [0, 0.05) is 12.8 Å². The maximum atomic E-state index is 12.4. The standard InChI is InChI=1S/C29H58O5Si/c1-8-10-11-12-13-14-15-16-17-18-19-20-21-23-28(31)34-26(24-32-27(30)22-9-2)25-33-35(6,7)29(3,4)5/h26H,8-25H2,1-7H3. The Morgan fingerprint density at radius 1 is 0.657 bits per heavy atom. The predicted octanol–water partition coefficient (Wildman–Crippen LogP) is 8.74. The third-order valence-corrected chi connectivity index (χ3v) is 11.6. The third kappa shape index (κ3) is 19.0. The topological polar surface area (TPSA) is 61.8 Å². The number of ether oxygens (including phenoxy) is 2. The van der Waals surface area contributed by atoms with Crippen LogP contribution in [0.3, 0.4) is 0 Å². The summed E-state index contributed by atoms with van der Waals surface area (Å²) in [6, 6.07) is 0. The Hall–Kier alpha value is -0.883. The Morgan fingerprint density at radius 2 is 1.14 bits per heavy atom. The number of esters is 2. The van der Waals surface area contributed by atoms with E-state index in [0.29, 0.717) is 12.8 Å². The first-order valence-corrected chi connectivity index (χ1v) is 17.4. The maximum absolute atomic E-state index is 12.4. The molecule has 0 saturated carbocycles. The van der Waals surface area contributed by atoms with E-state index in [2.05, 4.69) is 40.8 Å². The van der Waals surface area contributed by atoms with Gasteiger partial charge in [-0.15, -0.1) is 0 Å². The Kier molecular flexibility index (Phi) is 19.7. The van der Waals surface area contributed by atoms with E-state index in [4.69, 9.17) is 13.9 Å². The molecule has 0 spiro atoms. The van der Waals surface area contributed by atoms with Gasteiger partial charge >= 0.3 is 11.9 Å². The van der Waals surface area contributed by atoms with Crippen LogP contribution >= 0.6 is 0 Å². The highest BCUT2D eigenvalue weighted by atomic mass is 28.4. The highest BCUT2D eigenvalue weighted by Crippen LogP contribution is 2.36. The lowest BCUT2D eigenvalue weighted by Gasteiger charge is -2.37. The van der Waals surface area contributed by atoms with Crippen molar-refractivity contribution >= 4 is 20.3 Å². The van der Waals surface area contributed by atoms with Crippen LogP contribution in [0.4, 0.5) is 0 Å². The fourth-order valence-electron chi connectivity index (χ4n) is 3.63. The number of carbonyl (C=O) groups is 2. The van der Waals surface area contributed by atoms with Crippen molar-refractivity contribution in [2.75, 3.05) is 13.2 Å². The molecule has 0 saturated heterocycles. The quantitative estimate of drug-likeness (QED) is 0.0821. The second-order valence-electron chi connectivity index (χ2n) is 11.6. The van der Waals surface area contributed by atoms with Crippen LogP contribution in [0.5, 0.6) is 0 Å². The van der Waals surface area contributed by atoms with Gasteiger partial charge in [0.1, 0.15) is 6.61 Å². The van der Waals surface area contributed by atoms with Crippen molar-refractivity contribution < 1.29 is 23.5 Å². The van der Waals surface area contributed by atoms with E-state index in [1.165, 1.54) is 70.6 Å². The Bertz CT molecular complexity index is 542. The van der Waals surface area contributed by atoms with Gasteiger partial charge in [0.05, 0.1) is 6.61 Å². The molecule has 0 amide bonds. The number of hydrogen-bond acceptors (Lipinski definition) is 5. The molecule has 208 valence electrons. The second-order valence-corrected chi connectivity index (χ2v) is 16.4. The van der Waals surface area contributed by atoms with Crippen LogP contribution in [-0.2, 0) is 23.5 Å². The molecule has 0 rings (SSSR count). The van der Waals surface area contributed by atoms with Gasteiger partial charge in [0.15, 0.2) is 14.4 Å². The fourth-order valence-corrected chi connectivity index (χ4v) is 4.66. The molecule has 0 aliphatic rings. The summed E-state index contributed by atoms with van der Waals surface area (Å²) in [5, 5.41) is 0.0646. The molecule has 6 heteroatoms. The lowest BCUT2D eigenvalue weighted by molar-refractivity contribution is -0.161. The van der Waals surface area contributed by atoms with Crippen LogP contribution in [0.2, 0.25) is 18.1 Å². The van der Waals surface area contributed by atoms with E-state index in [0.717, 1.165) is 19.3 Å². The summed E-state index contributed by atoms with van der Waals surface area (Å²) >= 11 is 0. The molecule has 0 heterocycles. The maximum Gasteiger partial charge on any atom is 0.306 e. The first-order valence-electron chi connectivity index (χ1n) is 14.5. The molecule has 0 aromatic carbocycles. The molecule has 0 radical (unpaired) electrons. The minimum Gasteiger partial charge on any atom is -0.462 e. The predicted molar refractivity (Wildman–Crippen MR) is 149 cm³/mol. The molecule has 0 fully saturated rings. The summed E-state index contributed by atoms with van der Waals surface area (Å²) in [4.78, 5) is 24.2. The first-order chi connectivity index (χ1) is 16.5.